The number of hydrogen-bond acceptors (Lipinski definition) is 13. The summed E-state index contributed by atoms with van der Waals surface area (Å²) in [5.41, 5.74) is -4.21. The maximum atomic E-state index is 14.8. The summed E-state index contributed by atoms with van der Waals surface area (Å²) in [6.45, 7) is 1.68. The molecule has 3 heterocycles. The lowest BCUT2D eigenvalue weighted by Crippen LogP contribution is -2.79. The van der Waals surface area contributed by atoms with E-state index in [1.165, 1.54) is 33.7 Å². The lowest BCUT2D eigenvalue weighted by atomic mass is 9.52. The van der Waals surface area contributed by atoms with Crippen molar-refractivity contribution in [3.8, 4) is 5.75 Å². The first-order valence-corrected chi connectivity index (χ1v) is 19.5. The van der Waals surface area contributed by atoms with Crippen LogP contribution in [-0.2, 0) is 4.74 Å². The van der Waals surface area contributed by atoms with Crippen molar-refractivity contribution in [1.29, 1.82) is 0 Å². The zero-order chi connectivity index (χ0) is 34.3. The number of benzene rings is 1. The topological polar surface area (TPSA) is 178 Å². The molecule has 1 saturated heterocycles. The van der Waals surface area contributed by atoms with E-state index in [0.717, 1.165) is 37.1 Å². The molecule has 13 heteroatoms. The number of nitrogens with one attached hydrogen (secondary N) is 2. The van der Waals surface area contributed by atoms with Gasteiger partial charge in [-0.15, -0.1) is 0 Å². The molecule has 8 rings (SSSR count). The fraction of sp³-hybridized carbons (Fsp3) is 0.556. The summed E-state index contributed by atoms with van der Waals surface area (Å²) in [5, 5.41) is 65.9. The van der Waals surface area contributed by atoms with Gasteiger partial charge in [-0.2, -0.15) is 0 Å². The molecule has 3 aliphatic heterocycles. The number of rotatable bonds is 1. The lowest BCUT2D eigenvalue weighted by molar-refractivity contribution is -0.383. The Balaban J connectivity index is 1.30. The van der Waals surface area contributed by atoms with E-state index in [0.29, 0.717) is 24.4 Å². The first-order chi connectivity index (χ1) is 23.5. The zero-order valence-corrected chi connectivity index (χ0v) is 28.8. The fourth-order valence-electron chi connectivity index (χ4n) is 9.84. The molecule has 7 bridgehead atoms. The first-order valence-electron chi connectivity index (χ1n) is 17.0. The molecule has 1 aromatic rings. The summed E-state index contributed by atoms with van der Waals surface area (Å²) >= 11 is 0. The van der Waals surface area contributed by atoms with Gasteiger partial charge in [-0.05, 0) is 56.4 Å². The van der Waals surface area contributed by atoms with Crippen LogP contribution >= 0.6 is 21.6 Å². The Morgan fingerprint density at radius 3 is 2.63 bits per heavy atom. The average Bonchev–Trinajstić information content (AvgIpc) is 3.59. The molecule has 262 valence electrons. The number of hydrogen-bond donors (Lipinski definition) is 7. The van der Waals surface area contributed by atoms with Crippen molar-refractivity contribution >= 4 is 33.2 Å². The number of Topliss-reactive ketones (excluding diaryl/α,β-unsaturated/α-hetero) is 2. The minimum Gasteiger partial charge on any atom is -0.511 e. The number of carbonyl (C=O) groups is 2. The van der Waals surface area contributed by atoms with Crippen LogP contribution in [0.25, 0.3) is 0 Å². The second-order valence-corrected chi connectivity index (χ2v) is 17.0. The van der Waals surface area contributed by atoms with Crippen molar-refractivity contribution in [3.05, 3.63) is 76.4 Å². The molecular weight excluding hydrogens is 669 g/mol. The van der Waals surface area contributed by atoms with Crippen LogP contribution in [0.5, 0.6) is 5.75 Å². The third-order valence-corrected chi connectivity index (χ3v) is 14.5. The van der Waals surface area contributed by atoms with E-state index < -0.39 is 64.8 Å². The number of ketones is 2. The number of aliphatic hydroxyl groups excluding tert-OH is 4. The maximum absolute atomic E-state index is 14.8. The number of carbonyl (C=O) groups excluding carboxylic acids is 2. The SMILES string of the molecule is CC1=C[C@@H]2C(=O)c3cccc4c3C(=O)[C@]2(CSSCNC2=CC(=CCN2)C2(CCCC2)[C@H]2CC[C@]3(CO)O[C@@H](O4)[C@H](O)[C@@]2(O)[C@@H]3O)C(O)=C1. The van der Waals surface area contributed by atoms with E-state index in [4.69, 9.17) is 9.47 Å². The molecule has 7 aliphatic rings. The highest BCUT2D eigenvalue weighted by Crippen LogP contribution is 2.62. The molecule has 0 radical (unpaired) electrons. The molecule has 1 aromatic carbocycles. The van der Waals surface area contributed by atoms with Gasteiger partial charge >= 0.3 is 0 Å². The Kier molecular flexibility index (Phi) is 8.10. The highest BCUT2D eigenvalue weighted by molar-refractivity contribution is 8.76. The van der Waals surface area contributed by atoms with Gasteiger partial charge in [0.25, 0.3) is 0 Å². The van der Waals surface area contributed by atoms with Crippen LogP contribution < -0.4 is 15.4 Å². The van der Waals surface area contributed by atoms with E-state index in [1.807, 2.05) is 6.08 Å². The van der Waals surface area contributed by atoms with Gasteiger partial charge in [0.15, 0.2) is 11.6 Å². The average molecular weight is 711 g/mol. The van der Waals surface area contributed by atoms with Crippen LogP contribution in [0.4, 0.5) is 0 Å². The molecule has 0 aromatic heterocycles. The second-order valence-electron chi connectivity index (χ2n) is 14.6. The summed E-state index contributed by atoms with van der Waals surface area (Å²) < 4.78 is 12.6. The van der Waals surface area contributed by atoms with E-state index >= 15 is 0 Å². The summed E-state index contributed by atoms with van der Waals surface area (Å²) in [6, 6.07) is 4.63. The van der Waals surface area contributed by atoms with Crippen LogP contribution in [-0.4, -0.2) is 91.6 Å². The van der Waals surface area contributed by atoms with Crippen LogP contribution in [0.2, 0.25) is 0 Å². The largest absolute Gasteiger partial charge is 0.511 e. The Hall–Kier alpha value is -2.78. The van der Waals surface area contributed by atoms with Crippen LogP contribution in [0, 0.1) is 22.7 Å². The van der Waals surface area contributed by atoms with E-state index in [2.05, 4.69) is 16.7 Å². The molecular formula is C36H42N2O9S2. The molecule has 0 unspecified atom stereocenters. The zero-order valence-electron chi connectivity index (χ0n) is 27.2. The number of dihydropyridines is 1. The van der Waals surface area contributed by atoms with Crippen molar-refractivity contribution in [2.24, 2.45) is 22.7 Å². The molecule has 2 saturated carbocycles. The van der Waals surface area contributed by atoms with Crippen molar-refractivity contribution < 1.29 is 44.6 Å². The monoisotopic (exact) mass is 710 g/mol. The lowest BCUT2D eigenvalue weighted by Gasteiger charge is -2.63. The highest BCUT2D eigenvalue weighted by atomic mass is 33.1. The number of aliphatic hydroxyl groups is 5. The molecule has 49 heavy (non-hydrogen) atoms. The minimum atomic E-state index is -2.16. The standard InChI is InChI=1S/C36H42N2O9S2/c1-19-13-22-28(41)21-5-4-6-23-27(21)29(42)35(22,25(40)14-19)17-48-49-18-38-26-15-20(8-12-37-26)33(9-2-3-10-33)24-7-11-34(16-39)32(44)36(24,45)30(43)31(46-23)47-34/h4-6,8,13-15,22,24,30-32,37-40,43-45H,2-3,7,9-12,16-18H2,1H3/t22-,24-,30+,31-,32-,34-,35+,36-/m1/s1. The Labute approximate surface area is 292 Å². The summed E-state index contributed by atoms with van der Waals surface area (Å²) in [5.74, 6) is -1.33. The smallest absolute Gasteiger partial charge is 0.229 e. The molecule has 11 nitrogen and oxygen atoms in total. The molecule has 7 N–H and O–H groups in total. The van der Waals surface area contributed by atoms with Crippen LogP contribution in [0.3, 0.4) is 0 Å². The van der Waals surface area contributed by atoms with Gasteiger partial charge in [0.1, 0.15) is 40.3 Å². The van der Waals surface area contributed by atoms with E-state index in [9.17, 15) is 35.1 Å². The number of fused-ring (bicyclic) bond motifs is 5. The van der Waals surface area contributed by atoms with E-state index in [-0.39, 0.29) is 40.6 Å². The third kappa shape index (κ3) is 4.62. The molecule has 0 amide bonds. The van der Waals surface area contributed by atoms with Gasteiger partial charge in [0, 0.05) is 29.2 Å². The summed E-state index contributed by atoms with van der Waals surface area (Å²) in [6.07, 6.45) is 6.26. The van der Waals surface area contributed by atoms with Gasteiger partial charge in [-0.25, -0.2) is 0 Å². The van der Waals surface area contributed by atoms with Crippen LogP contribution in [0.1, 0.15) is 66.2 Å². The Bertz CT molecular complexity index is 1720. The second kappa shape index (κ2) is 11.9. The van der Waals surface area contributed by atoms with Crippen LogP contribution in [0.15, 0.2) is 65.2 Å². The molecule has 8 atom stereocenters. The van der Waals surface area contributed by atoms with Gasteiger partial charge in [0.2, 0.25) is 6.29 Å². The van der Waals surface area contributed by atoms with Crippen molar-refractivity contribution in [1.82, 2.24) is 10.6 Å². The number of ether oxygens (including phenoxy) is 2. The van der Waals surface area contributed by atoms with Gasteiger partial charge < -0.3 is 45.6 Å². The van der Waals surface area contributed by atoms with Crippen molar-refractivity contribution in [2.45, 2.75) is 75.1 Å². The Morgan fingerprint density at radius 2 is 1.86 bits per heavy atom. The third-order valence-electron chi connectivity index (χ3n) is 12.3. The molecule has 2 spiro atoms. The predicted molar refractivity (Wildman–Crippen MR) is 184 cm³/mol. The molecule has 4 aliphatic carbocycles. The van der Waals surface area contributed by atoms with E-state index in [1.54, 1.807) is 25.1 Å². The minimum absolute atomic E-state index is 0.0449. The Morgan fingerprint density at radius 1 is 1.06 bits per heavy atom. The van der Waals surface area contributed by atoms with Crippen molar-refractivity contribution in [3.63, 3.8) is 0 Å². The normalized spacial score (nSPS) is 39.6. The predicted octanol–water partition coefficient (Wildman–Crippen LogP) is 3.27. The molecule has 3 fully saturated rings. The quantitative estimate of drug-likeness (QED) is 0.212. The van der Waals surface area contributed by atoms with Gasteiger partial charge in [0.05, 0.1) is 29.8 Å². The summed E-state index contributed by atoms with van der Waals surface area (Å²) in [7, 11) is 2.86. The fourth-order valence-corrected chi connectivity index (χ4v) is 12.1. The van der Waals surface area contributed by atoms with Crippen molar-refractivity contribution in [2.75, 3.05) is 24.8 Å². The summed E-state index contributed by atoms with van der Waals surface area (Å²) in [4.78, 5) is 29.0. The first kappa shape index (κ1) is 33.4. The highest BCUT2D eigenvalue weighted by Gasteiger charge is 2.71. The van der Waals surface area contributed by atoms with Gasteiger partial charge in [-0.3, -0.25) is 9.59 Å². The number of allylic oxidation sites excluding steroid dienone is 6. The maximum Gasteiger partial charge on any atom is 0.229 e. The van der Waals surface area contributed by atoms with Gasteiger partial charge in [-0.1, -0.05) is 64.3 Å².